The smallest absolute Gasteiger partial charge is 0.0133 e. The molecule has 0 bridgehead atoms. The molecule has 1 N–H and O–H groups in total. The monoisotopic (exact) mass is 265 g/mol. The molecule has 2 aromatic rings. The third-order valence-electron chi connectivity index (χ3n) is 4.89. The van der Waals surface area contributed by atoms with Gasteiger partial charge >= 0.3 is 0 Å². The van der Waals surface area contributed by atoms with Gasteiger partial charge < -0.3 is 5.32 Å². The van der Waals surface area contributed by atoms with Gasteiger partial charge in [0.15, 0.2) is 0 Å². The molecule has 0 spiro atoms. The number of rotatable bonds is 4. The summed E-state index contributed by atoms with van der Waals surface area (Å²) in [5.41, 5.74) is 2.94. The quantitative estimate of drug-likeness (QED) is 0.885. The standard InChI is InChI=1S/C19H23N/c1-14-18(16-11-7-4-8-12-16)17(19(14)20-2)13-15-9-5-3-6-10-15/h3-12,14,17-20H,13H2,1-2H3. The Labute approximate surface area is 122 Å². The van der Waals surface area contributed by atoms with E-state index in [1.807, 2.05) is 0 Å². The van der Waals surface area contributed by atoms with Crippen molar-refractivity contribution in [2.24, 2.45) is 11.8 Å². The Morgan fingerprint density at radius 1 is 0.900 bits per heavy atom. The maximum atomic E-state index is 3.52. The first kappa shape index (κ1) is 13.4. The zero-order chi connectivity index (χ0) is 13.9. The second kappa shape index (κ2) is 5.80. The van der Waals surface area contributed by atoms with Gasteiger partial charge in [0.05, 0.1) is 0 Å². The Morgan fingerprint density at radius 2 is 1.50 bits per heavy atom. The first-order chi connectivity index (χ1) is 9.81. The van der Waals surface area contributed by atoms with Crippen LogP contribution in [0.5, 0.6) is 0 Å². The summed E-state index contributed by atoms with van der Waals surface area (Å²) >= 11 is 0. The number of hydrogen-bond acceptors (Lipinski definition) is 1. The van der Waals surface area contributed by atoms with E-state index in [0.29, 0.717) is 23.8 Å². The molecule has 4 unspecified atom stereocenters. The lowest BCUT2D eigenvalue weighted by Gasteiger charge is -2.51. The minimum atomic E-state index is 0.625. The third kappa shape index (κ3) is 2.38. The Morgan fingerprint density at radius 3 is 2.10 bits per heavy atom. The van der Waals surface area contributed by atoms with Crippen molar-refractivity contribution in [1.82, 2.24) is 5.32 Å². The molecule has 1 nitrogen and oxygen atoms in total. The van der Waals surface area contributed by atoms with Crippen LogP contribution in [-0.4, -0.2) is 13.1 Å². The van der Waals surface area contributed by atoms with Crippen molar-refractivity contribution in [1.29, 1.82) is 0 Å². The van der Waals surface area contributed by atoms with Crippen molar-refractivity contribution in [3.05, 3.63) is 71.8 Å². The molecular formula is C19H23N. The number of nitrogens with one attached hydrogen (secondary N) is 1. The van der Waals surface area contributed by atoms with E-state index in [0.717, 1.165) is 6.42 Å². The highest BCUT2D eigenvalue weighted by atomic mass is 14.9. The highest BCUT2D eigenvalue weighted by molar-refractivity contribution is 5.28. The summed E-state index contributed by atoms with van der Waals surface area (Å²) in [6.07, 6.45) is 1.16. The Hall–Kier alpha value is -1.60. The van der Waals surface area contributed by atoms with E-state index < -0.39 is 0 Å². The second-order valence-corrected chi connectivity index (χ2v) is 5.96. The van der Waals surface area contributed by atoms with Gasteiger partial charge in [0.1, 0.15) is 0 Å². The summed E-state index contributed by atoms with van der Waals surface area (Å²) in [7, 11) is 2.10. The van der Waals surface area contributed by atoms with Gasteiger partial charge in [-0.3, -0.25) is 0 Å². The Balaban J connectivity index is 1.82. The van der Waals surface area contributed by atoms with Crippen LogP contribution >= 0.6 is 0 Å². The van der Waals surface area contributed by atoms with Crippen LogP contribution in [0.1, 0.15) is 24.0 Å². The lowest BCUT2D eigenvalue weighted by molar-refractivity contribution is 0.0881. The van der Waals surface area contributed by atoms with Crippen LogP contribution in [0.25, 0.3) is 0 Å². The maximum absolute atomic E-state index is 3.52. The molecule has 104 valence electrons. The molecule has 1 heteroatoms. The molecule has 4 atom stereocenters. The van der Waals surface area contributed by atoms with Gasteiger partial charge in [-0.25, -0.2) is 0 Å². The van der Waals surface area contributed by atoms with E-state index in [1.54, 1.807) is 0 Å². The third-order valence-corrected chi connectivity index (χ3v) is 4.89. The van der Waals surface area contributed by atoms with Crippen LogP contribution in [0, 0.1) is 11.8 Å². The fraction of sp³-hybridized carbons (Fsp3) is 0.368. The van der Waals surface area contributed by atoms with E-state index >= 15 is 0 Å². The molecule has 0 heterocycles. The summed E-state index contributed by atoms with van der Waals surface area (Å²) in [6, 6.07) is 22.5. The zero-order valence-electron chi connectivity index (χ0n) is 12.3. The Bertz CT molecular complexity index is 534. The van der Waals surface area contributed by atoms with E-state index in [9.17, 15) is 0 Å². The van der Waals surface area contributed by atoms with Crippen molar-refractivity contribution in [3.63, 3.8) is 0 Å². The lowest BCUT2D eigenvalue weighted by atomic mass is 9.57. The molecule has 0 aromatic heterocycles. The van der Waals surface area contributed by atoms with E-state index in [2.05, 4.69) is 80.0 Å². The first-order valence-corrected chi connectivity index (χ1v) is 7.57. The van der Waals surface area contributed by atoms with E-state index in [-0.39, 0.29) is 0 Å². The first-order valence-electron chi connectivity index (χ1n) is 7.57. The highest BCUT2D eigenvalue weighted by Gasteiger charge is 2.47. The summed E-state index contributed by atoms with van der Waals surface area (Å²) in [4.78, 5) is 0. The van der Waals surface area contributed by atoms with Crippen LogP contribution < -0.4 is 5.32 Å². The fourth-order valence-corrected chi connectivity index (χ4v) is 3.92. The minimum absolute atomic E-state index is 0.625. The minimum Gasteiger partial charge on any atom is -0.316 e. The molecule has 1 aliphatic carbocycles. The molecule has 1 aliphatic rings. The zero-order valence-corrected chi connectivity index (χ0v) is 12.3. The average Bonchev–Trinajstić information content (AvgIpc) is 2.49. The van der Waals surface area contributed by atoms with Gasteiger partial charge in [-0.15, -0.1) is 0 Å². The van der Waals surface area contributed by atoms with Gasteiger partial charge in [-0.05, 0) is 42.3 Å². The van der Waals surface area contributed by atoms with Crippen molar-refractivity contribution in [3.8, 4) is 0 Å². The van der Waals surface area contributed by atoms with Crippen molar-refractivity contribution in [2.45, 2.75) is 25.3 Å². The molecule has 1 fully saturated rings. The summed E-state index contributed by atoms with van der Waals surface area (Å²) in [5.74, 6) is 2.07. The number of hydrogen-bond donors (Lipinski definition) is 1. The van der Waals surface area contributed by atoms with Crippen LogP contribution in [-0.2, 0) is 6.42 Å². The average molecular weight is 265 g/mol. The SMILES string of the molecule is CNC1C(C)C(c2ccccc2)C1Cc1ccccc1. The van der Waals surface area contributed by atoms with Crippen molar-refractivity contribution in [2.75, 3.05) is 7.05 Å². The van der Waals surface area contributed by atoms with Gasteiger partial charge in [0.25, 0.3) is 0 Å². The maximum Gasteiger partial charge on any atom is 0.0133 e. The van der Waals surface area contributed by atoms with Gasteiger partial charge in [-0.2, -0.15) is 0 Å². The summed E-state index contributed by atoms with van der Waals surface area (Å²) in [5, 5.41) is 3.52. The predicted octanol–water partition coefficient (Wildman–Crippen LogP) is 3.87. The van der Waals surface area contributed by atoms with E-state index in [1.165, 1.54) is 11.1 Å². The topological polar surface area (TPSA) is 12.0 Å². The predicted molar refractivity (Wildman–Crippen MR) is 84.8 cm³/mol. The van der Waals surface area contributed by atoms with Gasteiger partial charge in [0.2, 0.25) is 0 Å². The van der Waals surface area contributed by atoms with Crippen molar-refractivity contribution >= 4 is 0 Å². The molecule has 0 amide bonds. The van der Waals surface area contributed by atoms with Crippen LogP contribution in [0.15, 0.2) is 60.7 Å². The molecule has 2 aromatic carbocycles. The largest absolute Gasteiger partial charge is 0.316 e. The van der Waals surface area contributed by atoms with Gasteiger partial charge in [0, 0.05) is 6.04 Å². The second-order valence-electron chi connectivity index (χ2n) is 5.96. The van der Waals surface area contributed by atoms with Crippen molar-refractivity contribution < 1.29 is 0 Å². The molecule has 20 heavy (non-hydrogen) atoms. The highest BCUT2D eigenvalue weighted by Crippen LogP contribution is 2.48. The summed E-state index contributed by atoms with van der Waals surface area (Å²) < 4.78 is 0. The number of benzene rings is 2. The molecule has 1 saturated carbocycles. The van der Waals surface area contributed by atoms with Gasteiger partial charge in [-0.1, -0.05) is 67.6 Å². The Kier molecular flexibility index (Phi) is 3.88. The van der Waals surface area contributed by atoms with Crippen LogP contribution in [0.4, 0.5) is 0 Å². The molecular weight excluding hydrogens is 242 g/mol. The molecule has 0 saturated heterocycles. The van der Waals surface area contributed by atoms with Crippen LogP contribution in [0.2, 0.25) is 0 Å². The molecule has 3 rings (SSSR count). The summed E-state index contributed by atoms with van der Waals surface area (Å²) in [6.45, 7) is 2.38. The lowest BCUT2D eigenvalue weighted by Crippen LogP contribution is -2.55. The molecule has 0 aliphatic heterocycles. The van der Waals surface area contributed by atoms with E-state index in [4.69, 9.17) is 0 Å². The molecule has 0 radical (unpaired) electrons. The van der Waals surface area contributed by atoms with Crippen LogP contribution in [0.3, 0.4) is 0 Å². The normalized spacial score (nSPS) is 28.9. The fourth-order valence-electron chi connectivity index (χ4n) is 3.92.